The Balaban J connectivity index is 1.61. The Morgan fingerprint density at radius 3 is 2.62 bits per heavy atom. The number of carbonyl (C=O) groups is 2. The summed E-state index contributed by atoms with van der Waals surface area (Å²) in [5.74, 6) is 0.336. The first-order valence-corrected chi connectivity index (χ1v) is 11.1. The van der Waals surface area contributed by atoms with Crippen molar-refractivity contribution in [3.63, 3.8) is 0 Å². The first-order chi connectivity index (χ1) is 15.4. The Hall–Kier alpha value is -3.26. The van der Waals surface area contributed by atoms with E-state index in [9.17, 15) is 9.59 Å². The molecule has 2 aromatic carbocycles. The number of hydrogen-bond donors (Lipinski definition) is 0. The second kappa shape index (κ2) is 8.02. The molecule has 2 aliphatic rings. The number of nitrogens with zero attached hydrogens (tertiary/aromatic N) is 3. The molecule has 0 N–H and O–H groups in total. The number of aromatic nitrogens is 1. The largest absolute Gasteiger partial charge is 0.445 e. The maximum atomic E-state index is 12.5. The highest BCUT2D eigenvalue weighted by atomic mass is 79.9. The smallest absolute Gasteiger partial charge is 0.308 e. The van der Waals surface area contributed by atoms with Gasteiger partial charge in [0.1, 0.15) is 5.75 Å². The molecular formula is C24H20BrN3O4. The molecule has 1 aromatic heterocycles. The zero-order valence-corrected chi connectivity index (χ0v) is 19.1. The van der Waals surface area contributed by atoms with Crippen LogP contribution in [0.5, 0.6) is 5.75 Å². The van der Waals surface area contributed by atoms with Crippen molar-refractivity contribution in [3.8, 4) is 5.75 Å². The molecular weight excluding hydrogens is 474 g/mol. The van der Waals surface area contributed by atoms with E-state index >= 15 is 0 Å². The van der Waals surface area contributed by atoms with E-state index < -0.39 is 12.2 Å². The number of benzene rings is 2. The molecule has 7 nitrogen and oxygen atoms in total. The number of hydrogen-bond acceptors (Lipinski definition) is 6. The number of amides is 1. The first kappa shape index (κ1) is 20.6. The quantitative estimate of drug-likeness (QED) is 0.375. The van der Waals surface area contributed by atoms with E-state index in [4.69, 9.17) is 14.5 Å². The van der Waals surface area contributed by atoms with Gasteiger partial charge in [-0.05, 0) is 43.2 Å². The maximum absolute atomic E-state index is 12.5. The monoisotopic (exact) mass is 493 g/mol. The second-order valence-corrected chi connectivity index (χ2v) is 8.82. The SMILES string of the molecule is CC(=O)Oc1ccc(Br)cc1C1OC(c2cc(C3CC3)nc3ccccc23)=NN1C(C)=O. The van der Waals surface area contributed by atoms with Gasteiger partial charge in [-0.25, -0.2) is 0 Å². The van der Waals surface area contributed by atoms with Gasteiger partial charge in [-0.1, -0.05) is 34.1 Å². The van der Waals surface area contributed by atoms with E-state index in [-0.39, 0.29) is 5.91 Å². The number of hydrazone groups is 1. The summed E-state index contributed by atoms with van der Waals surface area (Å²) in [6.45, 7) is 2.75. The summed E-state index contributed by atoms with van der Waals surface area (Å²) in [5.41, 5.74) is 3.17. The van der Waals surface area contributed by atoms with Crippen molar-refractivity contribution in [1.29, 1.82) is 0 Å². The molecule has 1 amide bonds. The van der Waals surface area contributed by atoms with Gasteiger partial charge in [0.15, 0.2) is 0 Å². The van der Waals surface area contributed by atoms with Crippen LogP contribution in [-0.4, -0.2) is 27.8 Å². The van der Waals surface area contributed by atoms with Crippen LogP contribution in [0.3, 0.4) is 0 Å². The van der Waals surface area contributed by atoms with Crippen molar-refractivity contribution < 1.29 is 19.1 Å². The third kappa shape index (κ3) is 3.86. The molecule has 3 aromatic rings. The minimum absolute atomic E-state index is 0.292. The predicted molar refractivity (Wildman–Crippen MR) is 122 cm³/mol. The van der Waals surface area contributed by atoms with Crippen molar-refractivity contribution in [1.82, 2.24) is 9.99 Å². The summed E-state index contributed by atoms with van der Waals surface area (Å²) in [7, 11) is 0. The summed E-state index contributed by atoms with van der Waals surface area (Å²) in [4.78, 5) is 28.9. The van der Waals surface area contributed by atoms with E-state index in [0.29, 0.717) is 23.1 Å². The first-order valence-electron chi connectivity index (χ1n) is 10.3. The molecule has 0 saturated heterocycles. The fraction of sp³-hybridized carbons (Fsp3) is 0.250. The van der Waals surface area contributed by atoms with Crippen LogP contribution in [0, 0.1) is 0 Å². The van der Waals surface area contributed by atoms with E-state index in [1.165, 1.54) is 18.9 Å². The molecule has 5 rings (SSSR count). The minimum Gasteiger partial charge on any atom is -0.445 e. The molecule has 0 radical (unpaired) electrons. The van der Waals surface area contributed by atoms with Crippen LogP contribution in [-0.2, 0) is 14.3 Å². The lowest BCUT2D eigenvalue weighted by atomic mass is 10.1. The minimum atomic E-state index is -0.870. The molecule has 162 valence electrons. The van der Waals surface area contributed by atoms with Gasteiger partial charge < -0.3 is 9.47 Å². The van der Waals surface area contributed by atoms with Crippen LogP contribution in [0.2, 0.25) is 0 Å². The number of fused-ring (bicyclic) bond motifs is 1. The summed E-state index contributed by atoms with van der Waals surface area (Å²) in [5, 5.41) is 6.70. The summed E-state index contributed by atoms with van der Waals surface area (Å²) in [6, 6.07) is 15.0. The summed E-state index contributed by atoms with van der Waals surface area (Å²) in [6.07, 6.45) is 1.36. The molecule has 1 saturated carbocycles. The van der Waals surface area contributed by atoms with Crippen LogP contribution >= 0.6 is 15.9 Å². The molecule has 1 aliphatic heterocycles. The highest BCUT2D eigenvalue weighted by molar-refractivity contribution is 9.10. The molecule has 1 atom stereocenters. The third-order valence-electron chi connectivity index (χ3n) is 5.42. The number of ether oxygens (including phenoxy) is 2. The van der Waals surface area contributed by atoms with Gasteiger partial charge in [-0.3, -0.25) is 14.6 Å². The van der Waals surface area contributed by atoms with Gasteiger partial charge in [-0.2, -0.15) is 5.01 Å². The van der Waals surface area contributed by atoms with E-state index in [1.807, 2.05) is 30.3 Å². The van der Waals surface area contributed by atoms with Crippen LogP contribution in [0.1, 0.15) is 55.7 Å². The number of rotatable bonds is 4. The topological polar surface area (TPSA) is 81.1 Å². The van der Waals surface area contributed by atoms with Crippen LogP contribution in [0.4, 0.5) is 0 Å². The van der Waals surface area contributed by atoms with E-state index in [0.717, 1.165) is 39.5 Å². The van der Waals surface area contributed by atoms with Crippen molar-refractivity contribution in [2.75, 3.05) is 0 Å². The third-order valence-corrected chi connectivity index (χ3v) is 5.91. The fourth-order valence-corrected chi connectivity index (χ4v) is 4.18. The zero-order chi connectivity index (χ0) is 22.4. The maximum Gasteiger partial charge on any atom is 0.308 e. The molecule has 1 fully saturated rings. The standard InChI is InChI=1S/C24H20BrN3O4/c1-13(29)28-24(19-11-16(25)9-10-22(19)31-14(2)30)32-23(27-28)18-12-21(15-7-8-15)26-20-6-4-3-5-17(18)20/h3-6,9-12,15,24H,7-8H2,1-2H3. The van der Waals surface area contributed by atoms with Gasteiger partial charge in [0, 0.05) is 40.9 Å². The predicted octanol–water partition coefficient (Wildman–Crippen LogP) is 5.04. The lowest BCUT2D eigenvalue weighted by molar-refractivity contribution is -0.135. The van der Waals surface area contributed by atoms with Gasteiger partial charge in [-0.15, -0.1) is 5.10 Å². The number of para-hydroxylation sites is 1. The highest BCUT2D eigenvalue weighted by Gasteiger charge is 2.37. The van der Waals surface area contributed by atoms with Gasteiger partial charge in [0.2, 0.25) is 18.0 Å². The lowest BCUT2D eigenvalue weighted by Gasteiger charge is -2.21. The number of pyridine rings is 1. The number of carbonyl (C=O) groups excluding carboxylic acids is 2. The van der Waals surface area contributed by atoms with Crippen molar-refractivity contribution in [2.24, 2.45) is 5.10 Å². The lowest BCUT2D eigenvalue weighted by Crippen LogP contribution is -2.26. The Kier molecular flexibility index (Phi) is 5.17. The van der Waals surface area contributed by atoms with E-state index in [2.05, 4.69) is 21.0 Å². The Labute approximate surface area is 193 Å². The Morgan fingerprint density at radius 1 is 1.12 bits per heavy atom. The van der Waals surface area contributed by atoms with Crippen LogP contribution < -0.4 is 4.74 Å². The van der Waals surface area contributed by atoms with Crippen LogP contribution in [0.25, 0.3) is 10.9 Å². The number of esters is 1. The van der Waals surface area contributed by atoms with E-state index in [1.54, 1.807) is 18.2 Å². The normalized spacial score (nSPS) is 17.8. The Bertz CT molecular complexity index is 1290. The highest BCUT2D eigenvalue weighted by Crippen LogP contribution is 2.42. The summed E-state index contributed by atoms with van der Waals surface area (Å²) >= 11 is 3.45. The van der Waals surface area contributed by atoms with Crippen molar-refractivity contribution in [2.45, 2.75) is 38.8 Å². The summed E-state index contributed by atoms with van der Waals surface area (Å²) < 4.78 is 12.4. The average molecular weight is 494 g/mol. The number of halogens is 1. The fourth-order valence-electron chi connectivity index (χ4n) is 3.80. The second-order valence-electron chi connectivity index (χ2n) is 7.90. The van der Waals surface area contributed by atoms with Crippen molar-refractivity contribution in [3.05, 3.63) is 69.8 Å². The zero-order valence-electron chi connectivity index (χ0n) is 17.5. The van der Waals surface area contributed by atoms with Crippen molar-refractivity contribution >= 4 is 44.6 Å². The molecule has 0 spiro atoms. The molecule has 1 aliphatic carbocycles. The average Bonchev–Trinajstić information content (AvgIpc) is 3.52. The molecule has 0 bridgehead atoms. The molecule has 1 unspecified atom stereocenters. The molecule has 8 heteroatoms. The van der Waals surface area contributed by atoms with Gasteiger partial charge >= 0.3 is 5.97 Å². The van der Waals surface area contributed by atoms with Gasteiger partial charge in [0.05, 0.1) is 11.1 Å². The van der Waals surface area contributed by atoms with Crippen LogP contribution in [0.15, 0.2) is 58.1 Å². The Morgan fingerprint density at radius 2 is 1.91 bits per heavy atom. The van der Waals surface area contributed by atoms with Gasteiger partial charge in [0.25, 0.3) is 0 Å². The molecule has 32 heavy (non-hydrogen) atoms. The molecule has 2 heterocycles.